The fourth-order valence-corrected chi connectivity index (χ4v) is 3.03. The minimum Gasteiger partial charge on any atom is -0.376 e. The molecule has 2 atom stereocenters. The number of likely N-dealkylation sites (tertiary alicyclic amines) is 1. The van der Waals surface area contributed by atoms with Crippen LogP contribution in [0.25, 0.3) is 0 Å². The van der Waals surface area contributed by atoms with Crippen molar-refractivity contribution >= 4 is 5.91 Å². The molecule has 0 bridgehead atoms. The molecule has 2 aliphatic rings. The summed E-state index contributed by atoms with van der Waals surface area (Å²) in [7, 11) is 0. The lowest BCUT2D eigenvalue weighted by molar-refractivity contribution is -0.123. The van der Waals surface area contributed by atoms with Crippen LogP contribution in [-0.2, 0) is 9.53 Å². The number of hydrogen-bond acceptors (Lipinski definition) is 6. The maximum absolute atomic E-state index is 12.1. The van der Waals surface area contributed by atoms with E-state index in [2.05, 4.69) is 20.4 Å². The summed E-state index contributed by atoms with van der Waals surface area (Å²) in [6.45, 7) is 4.48. The first-order valence-electron chi connectivity index (χ1n) is 7.65. The lowest BCUT2D eigenvalue weighted by Gasteiger charge is -2.21. The Bertz CT molecular complexity index is 484. The van der Waals surface area contributed by atoms with Gasteiger partial charge in [-0.15, -0.1) is 0 Å². The Labute approximate surface area is 124 Å². The highest BCUT2D eigenvalue weighted by molar-refractivity contribution is 5.78. The topological polar surface area (TPSA) is 80.5 Å². The molecule has 2 fully saturated rings. The van der Waals surface area contributed by atoms with Crippen LogP contribution in [0.1, 0.15) is 43.4 Å². The summed E-state index contributed by atoms with van der Waals surface area (Å²) in [5.74, 6) is 1.30. The molecule has 0 aliphatic carbocycles. The molecule has 0 saturated carbocycles. The first kappa shape index (κ1) is 14.5. The van der Waals surface area contributed by atoms with E-state index in [9.17, 15) is 4.79 Å². The molecule has 116 valence electrons. The Morgan fingerprint density at radius 2 is 2.33 bits per heavy atom. The number of ether oxygens (including phenoxy) is 1. The van der Waals surface area contributed by atoms with E-state index >= 15 is 0 Å². The van der Waals surface area contributed by atoms with Gasteiger partial charge in [-0.2, -0.15) is 4.98 Å². The third-order valence-corrected chi connectivity index (χ3v) is 4.10. The molecule has 0 radical (unpaired) electrons. The molecule has 0 spiro atoms. The first-order valence-corrected chi connectivity index (χ1v) is 7.65. The van der Waals surface area contributed by atoms with E-state index in [0.717, 1.165) is 38.8 Å². The van der Waals surface area contributed by atoms with Crippen LogP contribution in [0.15, 0.2) is 4.52 Å². The number of carbonyl (C=O) groups excluding carboxylic acids is 1. The van der Waals surface area contributed by atoms with Gasteiger partial charge in [-0.25, -0.2) is 0 Å². The molecular weight excluding hydrogens is 272 g/mol. The molecule has 21 heavy (non-hydrogen) atoms. The van der Waals surface area contributed by atoms with Gasteiger partial charge in [0, 0.05) is 20.1 Å². The van der Waals surface area contributed by atoms with E-state index in [1.165, 1.54) is 0 Å². The van der Waals surface area contributed by atoms with Crippen molar-refractivity contribution in [1.82, 2.24) is 20.4 Å². The quantitative estimate of drug-likeness (QED) is 0.865. The van der Waals surface area contributed by atoms with Crippen molar-refractivity contribution in [3.8, 4) is 0 Å². The molecule has 1 N–H and O–H groups in total. The summed E-state index contributed by atoms with van der Waals surface area (Å²) in [6.07, 6.45) is 4.33. The van der Waals surface area contributed by atoms with Gasteiger partial charge in [-0.05, 0) is 32.2 Å². The van der Waals surface area contributed by atoms with Gasteiger partial charge in [-0.1, -0.05) is 5.16 Å². The van der Waals surface area contributed by atoms with Gasteiger partial charge in [0.25, 0.3) is 0 Å². The largest absolute Gasteiger partial charge is 0.376 e. The van der Waals surface area contributed by atoms with Crippen molar-refractivity contribution in [1.29, 1.82) is 0 Å². The first-order chi connectivity index (χ1) is 10.2. The minimum absolute atomic E-state index is 0.0395. The zero-order chi connectivity index (χ0) is 14.7. The van der Waals surface area contributed by atoms with Crippen molar-refractivity contribution in [3.05, 3.63) is 11.7 Å². The Hall–Kier alpha value is -1.47. The van der Waals surface area contributed by atoms with E-state index in [-0.39, 0.29) is 18.1 Å². The molecule has 3 heterocycles. The Kier molecular flexibility index (Phi) is 4.50. The summed E-state index contributed by atoms with van der Waals surface area (Å²) >= 11 is 0. The summed E-state index contributed by atoms with van der Waals surface area (Å²) < 4.78 is 10.5. The van der Waals surface area contributed by atoms with Gasteiger partial charge in [0.15, 0.2) is 5.82 Å². The third-order valence-electron chi connectivity index (χ3n) is 4.10. The second kappa shape index (κ2) is 6.53. The van der Waals surface area contributed by atoms with Gasteiger partial charge in [0.2, 0.25) is 11.8 Å². The van der Waals surface area contributed by atoms with Crippen molar-refractivity contribution in [2.45, 2.75) is 44.8 Å². The standard InChI is InChI=1S/C14H22N4O3/c1-10-16-14(17-21-10)12-5-2-6-18(12)9-13(19)15-8-11-4-3-7-20-11/h11-12H,2-9H2,1H3,(H,15,19)/t11-,12+/m1/s1. The molecule has 0 unspecified atom stereocenters. The van der Waals surface area contributed by atoms with Crippen LogP contribution in [0.2, 0.25) is 0 Å². The molecule has 2 aliphatic heterocycles. The molecule has 1 amide bonds. The smallest absolute Gasteiger partial charge is 0.234 e. The van der Waals surface area contributed by atoms with Crippen molar-refractivity contribution in [2.24, 2.45) is 0 Å². The zero-order valence-electron chi connectivity index (χ0n) is 12.4. The van der Waals surface area contributed by atoms with Crippen LogP contribution in [-0.4, -0.2) is 53.3 Å². The zero-order valence-corrected chi connectivity index (χ0v) is 12.4. The number of nitrogens with one attached hydrogen (secondary N) is 1. The number of aryl methyl sites for hydroxylation is 1. The van der Waals surface area contributed by atoms with Gasteiger partial charge in [0.05, 0.1) is 18.7 Å². The maximum Gasteiger partial charge on any atom is 0.234 e. The number of carbonyl (C=O) groups is 1. The highest BCUT2D eigenvalue weighted by atomic mass is 16.5. The summed E-state index contributed by atoms with van der Waals surface area (Å²) in [5.41, 5.74) is 0. The molecular formula is C14H22N4O3. The van der Waals surface area contributed by atoms with E-state index < -0.39 is 0 Å². The van der Waals surface area contributed by atoms with Gasteiger partial charge in [0.1, 0.15) is 0 Å². The molecule has 3 rings (SSSR count). The number of aromatic nitrogens is 2. The number of hydrogen-bond donors (Lipinski definition) is 1. The van der Waals surface area contributed by atoms with Crippen molar-refractivity contribution in [3.63, 3.8) is 0 Å². The summed E-state index contributed by atoms with van der Waals surface area (Å²) in [5, 5.41) is 6.94. The molecule has 7 nitrogen and oxygen atoms in total. The number of amides is 1. The van der Waals surface area contributed by atoms with Gasteiger partial charge in [-0.3, -0.25) is 9.69 Å². The normalized spacial score (nSPS) is 26.3. The predicted octanol–water partition coefficient (Wildman–Crippen LogP) is 0.810. The second-order valence-electron chi connectivity index (χ2n) is 5.74. The Balaban J connectivity index is 1.49. The minimum atomic E-state index is 0.0395. The highest BCUT2D eigenvalue weighted by Crippen LogP contribution is 2.29. The molecule has 2 saturated heterocycles. The molecule has 7 heteroatoms. The summed E-state index contributed by atoms with van der Waals surface area (Å²) in [4.78, 5) is 18.5. The highest BCUT2D eigenvalue weighted by Gasteiger charge is 2.31. The van der Waals surface area contributed by atoms with Crippen LogP contribution in [0.5, 0.6) is 0 Å². The fraction of sp³-hybridized carbons (Fsp3) is 0.786. The number of rotatable bonds is 5. The average Bonchev–Trinajstić information content (AvgIpc) is 3.17. The Morgan fingerprint density at radius 1 is 1.43 bits per heavy atom. The van der Waals surface area contributed by atoms with E-state index in [4.69, 9.17) is 9.26 Å². The van der Waals surface area contributed by atoms with Crippen LogP contribution < -0.4 is 5.32 Å². The maximum atomic E-state index is 12.1. The van der Waals surface area contributed by atoms with Crippen molar-refractivity contribution < 1.29 is 14.1 Å². The summed E-state index contributed by atoms with van der Waals surface area (Å²) in [6, 6.07) is 0.0935. The fourth-order valence-electron chi connectivity index (χ4n) is 3.03. The second-order valence-corrected chi connectivity index (χ2v) is 5.74. The van der Waals surface area contributed by atoms with Gasteiger partial charge < -0.3 is 14.6 Å². The van der Waals surface area contributed by atoms with Crippen LogP contribution in [0.3, 0.4) is 0 Å². The average molecular weight is 294 g/mol. The Morgan fingerprint density at radius 3 is 3.05 bits per heavy atom. The molecule has 0 aromatic carbocycles. The van der Waals surface area contributed by atoms with Crippen LogP contribution in [0.4, 0.5) is 0 Å². The van der Waals surface area contributed by atoms with Crippen LogP contribution in [0, 0.1) is 6.92 Å². The van der Waals surface area contributed by atoms with E-state index in [1.807, 2.05) is 0 Å². The van der Waals surface area contributed by atoms with Crippen molar-refractivity contribution in [2.75, 3.05) is 26.2 Å². The van der Waals surface area contributed by atoms with Crippen LogP contribution >= 0.6 is 0 Å². The molecule has 1 aromatic heterocycles. The third kappa shape index (κ3) is 3.59. The van der Waals surface area contributed by atoms with E-state index in [1.54, 1.807) is 6.92 Å². The lowest BCUT2D eigenvalue weighted by Crippen LogP contribution is -2.40. The lowest BCUT2D eigenvalue weighted by atomic mass is 10.2. The number of nitrogens with zero attached hydrogens (tertiary/aromatic N) is 3. The SMILES string of the molecule is Cc1nc([C@@H]2CCCN2CC(=O)NC[C@H]2CCCO2)no1. The van der Waals surface area contributed by atoms with E-state index in [0.29, 0.717) is 24.8 Å². The molecule has 1 aromatic rings. The predicted molar refractivity (Wildman–Crippen MR) is 74.6 cm³/mol. The monoisotopic (exact) mass is 294 g/mol. The van der Waals surface area contributed by atoms with Gasteiger partial charge >= 0.3 is 0 Å².